The topological polar surface area (TPSA) is 26.0 Å². The van der Waals surface area contributed by atoms with Gasteiger partial charge in [-0.1, -0.05) is 17.7 Å². The fraction of sp³-hybridized carbons (Fsp3) is 0.429. The Morgan fingerprint density at radius 3 is 2.65 bits per heavy atom. The van der Waals surface area contributed by atoms with Gasteiger partial charge in [0, 0.05) is 6.04 Å². The maximum atomic E-state index is 13.1. The normalized spacial score (nSPS) is 17.7. The summed E-state index contributed by atoms with van der Waals surface area (Å²) in [6.45, 7) is 0. The lowest BCUT2D eigenvalue weighted by molar-refractivity contribution is 0.504. The van der Waals surface area contributed by atoms with Crippen LogP contribution < -0.4 is 5.73 Å². The number of halogens is 2. The predicted molar refractivity (Wildman–Crippen MR) is 64.5 cm³/mol. The zero-order valence-corrected chi connectivity index (χ0v) is 9.76. The van der Waals surface area contributed by atoms with Gasteiger partial charge >= 0.3 is 0 Å². The average Bonchev–Trinajstić information content (AvgIpc) is 2.34. The summed E-state index contributed by atoms with van der Waals surface area (Å²) in [6, 6.07) is 3.66. The monoisotopic (exact) mass is 237 g/mol. The standard InChI is InChI=1S/C14H17F2N/c15-12-7-6-11(9-13(12)16)14(17)8-10-4-2-1-3-5-10/h4,6-7,9,14H,1-3,5,8,17H2. The van der Waals surface area contributed by atoms with Gasteiger partial charge in [-0.2, -0.15) is 0 Å². The summed E-state index contributed by atoms with van der Waals surface area (Å²) in [5, 5.41) is 0. The minimum Gasteiger partial charge on any atom is -0.324 e. The average molecular weight is 237 g/mol. The van der Waals surface area contributed by atoms with Crippen molar-refractivity contribution in [3.63, 3.8) is 0 Å². The Morgan fingerprint density at radius 2 is 2.00 bits per heavy atom. The van der Waals surface area contributed by atoms with Gasteiger partial charge in [0.15, 0.2) is 11.6 Å². The van der Waals surface area contributed by atoms with Crippen LogP contribution in [0.4, 0.5) is 8.78 Å². The van der Waals surface area contributed by atoms with Gasteiger partial charge in [-0.25, -0.2) is 8.78 Å². The first-order valence-electron chi connectivity index (χ1n) is 6.05. The predicted octanol–water partition coefficient (Wildman–Crippen LogP) is 3.86. The molecule has 0 radical (unpaired) electrons. The van der Waals surface area contributed by atoms with Crippen LogP contribution in [0.3, 0.4) is 0 Å². The highest BCUT2D eigenvalue weighted by Gasteiger charge is 2.13. The van der Waals surface area contributed by atoms with Crippen LogP contribution in [0.1, 0.15) is 43.7 Å². The number of rotatable bonds is 3. The number of allylic oxidation sites excluding steroid dienone is 1. The summed E-state index contributed by atoms with van der Waals surface area (Å²) in [7, 11) is 0. The van der Waals surface area contributed by atoms with Crippen molar-refractivity contribution in [2.75, 3.05) is 0 Å². The molecule has 1 aromatic carbocycles. The molecular weight excluding hydrogens is 220 g/mol. The molecule has 1 aromatic rings. The van der Waals surface area contributed by atoms with E-state index in [-0.39, 0.29) is 6.04 Å². The van der Waals surface area contributed by atoms with E-state index in [1.165, 1.54) is 24.5 Å². The first-order valence-corrected chi connectivity index (χ1v) is 6.05. The van der Waals surface area contributed by atoms with Crippen molar-refractivity contribution in [2.24, 2.45) is 5.73 Å². The molecule has 1 aliphatic rings. The molecule has 0 amide bonds. The lowest BCUT2D eigenvalue weighted by Crippen LogP contribution is -2.12. The van der Waals surface area contributed by atoms with E-state index < -0.39 is 11.6 Å². The van der Waals surface area contributed by atoms with Crippen LogP contribution in [0.25, 0.3) is 0 Å². The number of nitrogens with two attached hydrogens (primary N) is 1. The SMILES string of the molecule is NC(CC1=CCCCC1)c1ccc(F)c(F)c1. The number of hydrogen-bond acceptors (Lipinski definition) is 1. The van der Waals surface area contributed by atoms with Crippen molar-refractivity contribution in [3.8, 4) is 0 Å². The second-order valence-electron chi connectivity index (χ2n) is 4.59. The molecule has 2 N–H and O–H groups in total. The molecule has 92 valence electrons. The first kappa shape index (κ1) is 12.2. The smallest absolute Gasteiger partial charge is 0.159 e. The summed E-state index contributed by atoms with van der Waals surface area (Å²) in [5.41, 5.74) is 8.02. The largest absolute Gasteiger partial charge is 0.324 e. The third kappa shape index (κ3) is 3.13. The Bertz CT molecular complexity index is 426. The van der Waals surface area contributed by atoms with Crippen molar-refractivity contribution >= 4 is 0 Å². The van der Waals surface area contributed by atoms with Crippen molar-refractivity contribution in [1.29, 1.82) is 0 Å². The maximum absolute atomic E-state index is 13.1. The molecule has 0 saturated heterocycles. The van der Waals surface area contributed by atoms with Crippen molar-refractivity contribution in [1.82, 2.24) is 0 Å². The molecule has 3 heteroatoms. The van der Waals surface area contributed by atoms with E-state index in [2.05, 4.69) is 6.08 Å². The Hall–Kier alpha value is -1.22. The van der Waals surface area contributed by atoms with Crippen LogP contribution in [-0.2, 0) is 0 Å². The van der Waals surface area contributed by atoms with E-state index in [4.69, 9.17) is 5.73 Å². The minimum atomic E-state index is -0.824. The van der Waals surface area contributed by atoms with Gasteiger partial charge in [0.1, 0.15) is 0 Å². The summed E-state index contributed by atoms with van der Waals surface area (Å²) in [4.78, 5) is 0. The Labute approximate surface area is 100 Å². The van der Waals surface area contributed by atoms with E-state index in [0.717, 1.165) is 25.3 Å². The van der Waals surface area contributed by atoms with Crippen molar-refractivity contribution in [2.45, 2.75) is 38.1 Å². The molecule has 0 fully saturated rings. The molecule has 0 spiro atoms. The van der Waals surface area contributed by atoms with Gasteiger partial charge in [-0.3, -0.25) is 0 Å². The molecule has 17 heavy (non-hydrogen) atoms. The molecule has 1 atom stereocenters. The van der Waals surface area contributed by atoms with Gasteiger partial charge in [0.2, 0.25) is 0 Å². The lowest BCUT2D eigenvalue weighted by Gasteiger charge is -2.17. The van der Waals surface area contributed by atoms with Gasteiger partial charge < -0.3 is 5.73 Å². The molecule has 1 unspecified atom stereocenters. The summed E-state index contributed by atoms with van der Waals surface area (Å²) < 4.78 is 25.9. The zero-order chi connectivity index (χ0) is 12.3. The molecule has 1 nitrogen and oxygen atoms in total. The quantitative estimate of drug-likeness (QED) is 0.794. The molecule has 0 bridgehead atoms. The Morgan fingerprint density at radius 1 is 1.18 bits per heavy atom. The van der Waals surface area contributed by atoms with Crippen LogP contribution in [0, 0.1) is 11.6 Å². The molecule has 2 rings (SSSR count). The molecule has 0 aromatic heterocycles. The van der Waals surface area contributed by atoms with E-state index >= 15 is 0 Å². The second-order valence-corrected chi connectivity index (χ2v) is 4.59. The lowest BCUT2D eigenvalue weighted by atomic mass is 9.92. The first-order chi connectivity index (χ1) is 8.16. The highest BCUT2D eigenvalue weighted by molar-refractivity contribution is 5.23. The van der Waals surface area contributed by atoms with E-state index in [1.807, 2.05) is 0 Å². The van der Waals surface area contributed by atoms with Crippen LogP contribution in [-0.4, -0.2) is 0 Å². The van der Waals surface area contributed by atoms with Gasteiger partial charge in [0.25, 0.3) is 0 Å². The summed E-state index contributed by atoms with van der Waals surface area (Å²) in [6.07, 6.45) is 7.60. The third-order valence-electron chi connectivity index (χ3n) is 3.24. The molecule has 0 aliphatic heterocycles. The fourth-order valence-corrected chi connectivity index (χ4v) is 2.23. The van der Waals surface area contributed by atoms with E-state index in [0.29, 0.717) is 5.56 Å². The third-order valence-corrected chi connectivity index (χ3v) is 3.24. The Kier molecular flexibility index (Phi) is 3.89. The van der Waals surface area contributed by atoms with Gasteiger partial charge in [-0.05, 0) is 49.8 Å². The van der Waals surface area contributed by atoms with Crippen LogP contribution >= 0.6 is 0 Å². The van der Waals surface area contributed by atoms with Gasteiger partial charge in [-0.15, -0.1) is 0 Å². The van der Waals surface area contributed by atoms with E-state index in [1.54, 1.807) is 6.07 Å². The van der Waals surface area contributed by atoms with Crippen LogP contribution in [0.15, 0.2) is 29.8 Å². The summed E-state index contributed by atoms with van der Waals surface area (Å²) in [5.74, 6) is -1.64. The highest BCUT2D eigenvalue weighted by Crippen LogP contribution is 2.26. The fourth-order valence-electron chi connectivity index (χ4n) is 2.23. The minimum absolute atomic E-state index is 0.241. The van der Waals surface area contributed by atoms with E-state index in [9.17, 15) is 8.78 Å². The van der Waals surface area contributed by atoms with Crippen LogP contribution in [0.2, 0.25) is 0 Å². The molecular formula is C14H17F2N. The molecule has 0 saturated carbocycles. The Balaban J connectivity index is 2.06. The maximum Gasteiger partial charge on any atom is 0.159 e. The van der Waals surface area contributed by atoms with Crippen molar-refractivity contribution < 1.29 is 8.78 Å². The molecule has 0 heterocycles. The molecule has 1 aliphatic carbocycles. The van der Waals surface area contributed by atoms with Crippen molar-refractivity contribution in [3.05, 3.63) is 47.0 Å². The number of benzene rings is 1. The second kappa shape index (κ2) is 5.41. The zero-order valence-electron chi connectivity index (χ0n) is 9.76. The van der Waals surface area contributed by atoms with Crippen LogP contribution in [0.5, 0.6) is 0 Å². The highest BCUT2D eigenvalue weighted by atomic mass is 19.2. The van der Waals surface area contributed by atoms with Gasteiger partial charge in [0.05, 0.1) is 0 Å². The summed E-state index contributed by atoms with van der Waals surface area (Å²) >= 11 is 0. The number of hydrogen-bond donors (Lipinski definition) is 1.